The van der Waals surface area contributed by atoms with Crippen molar-refractivity contribution in [2.24, 2.45) is 218 Å². The molecule has 0 N–H and O–H groups in total. The van der Waals surface area contributed by atoms with Crippen LogP contribution in [0.2, 0.25) is 0 Å². The van der Waals surface area contributed by atoms with Gasteiger partial charge >= 0.3 is 0 Å². The lowest BCUT2D eigenvalue weighted by Crippen LogP contribution is -2.35. The summed E-state index contributed by atoms with van der Waals surface area (Å²) in [7, 11) is 0. The molecule has 28 fully saturated rings. The molecule has 0 aromatic heterocycles. The topological polar surface area (TPSA) is 0 Å². The lowest BCUT2D eigenvalue weighted by molar-refractivity contribution is 0.0509. The van der Waals surface area contributed by atoms with Gasteiger partial charge in [-0.1, -0.05) is 220 Å². The van der Waals surface area contributed by atoms with Gasteiger partial charge in [-0.25, -0.2) is 0 Å². The van der Waals surface area contributed by atoms with E-state index in [-0.39, 0.29) is 14.9 Å². The van der Waals surface area contributed by atoms with E-state index in [1.54, 1.807) is 315 Å². The third-order valence-corrected chi connectivity index (χ3v) is 40.3. The van der Waals surface area contributed by atoms with Crippen LogP contribution in [-0.4, -0.2) is 0 Å². The summed E-state index contributed by atoms with van der Waals surface area (Å²) in [5.74, 6) is 40.2. The van der Waals surface area contributed by atoms with Crippen molar-refractivity contribution in [2.75, 3.05) is 0 Å². The maximum absolute atomic E-state index is 2.56. The molecular formula is C108H194. The molecule has 25 atom stereocenters. The lowest BCUT2D eigenvalue weighted by Gasteiger charge is -2.46. The molecule has 0 heterocycles. The Morgan fingerprint density at radius 1 is 0.157 bits per heavy atom. The highest BCUT2D eigenvalue weighted by Gasteiger charge is 2.47. The largest absolute Gasteiger partial charge is 0.0776 e. The summed E-state index contributed by atoms with van der Waals surface area (Å²) in [5, 5.41) is 0. The van der Waals surface area contributed by atoms with Crippen LogP contribution in [0.15, 0.2) is 0 Å². The second-order valence-electron chi connectivity index (χ2n) is 48.3. The van der Waals surface area contributed by atoms with E-state index in [0.29, 0.717) is 0 Å². The molecule has 0 aromatic carbocycles. The Labute approximate surface area is 678 Å². The van der Waals surface area contributed by atoms with Gasteiger partial charge < -0.3 is 0 Å². The van der Waals surface area contributed by atoms with Gasteiger partial charge in [0.1, 0.15) is 0 Å². The highest BCUT2D eigenvalue weighted by Crippen LogP contribution is 2.59. The Morgan fingerprint density at radius 3 is 0.639 bits per heavy atom. The van der Waals surface area contributed by atoms with E-state index in [1.807, 2.05) is 0 Å². The Kier molecular flexibility index (Phi) is 33.2. The average molecular weight is 1490 g/mol. The highest BCUT2D eigenvalue weighted by molar-refractivity contribution is 4.98. The van der Waals surface area contributed by atoms with Crippen molar-refractivity contribution in [3.63, 3.8) is 0 Å². The van der Waals surface area contributed by atoms with E-state index in [1.165, 1.54) is 51.4 Å². The van der Waals surface area contributed by atoms with Crippen LogP contribution in [0.3, 0.4) is 0 Å². The van der Waals surface area contributed by atoms with E-state index in [2.05, 4.69) is 83.1 Å². The molecule has 0 aliphatic heterocycles. The first kappa shape index (κ1) is 87.3. The van der Waals surface area contributed by atoms with Crippen LogP contribution < -0.4 is 0 Å². The summed E-state index contributed by atoms with van der Waals surface area (Å²) in [4.78, 5) is 0. The molecule has 0 amide bonds. The maximum atomic E-state index is 2.56. The van der Waals surface area contributed by atoms with Crippen LogP contribution in [0.5, 0.6) is 0 Å². The van der Waals surface area contributed by atoms with Crippen molar-refractivity contribution in [1.82, 2.24) is 0 Å². The molecule has 28 aliphatic rings. The van der Waals surface area contributed by atoms with E-state index in [9.17, 15) is 0 Å². The van der Waals surface area contributed by atoms with Crippen LogP contribution in [0.4, 0.5) is 0 Å². The minimum Gasteiger partial charge on any atom is -0.0776 e. The second kappa shape index (κ2) is 41.1. The van der Waals surface area contributed by atoms with Gasteiger partial charge in [0.15, 0.2) is 0 Å². The van der Waals surface area contributed by atoms with Crippen LogP contribution >= 0.6 is 0 Å². The molecule has 25 unspecified atom stereocenters. The van der Waals surface area contributed by atoms with Gasteiger partial charge in [-0.05, 0) is 462 Å². The van der Waals surface area contributed by atoms with Crippen molar-refractivity contribution >= 4 is 0 Å². The Balaban J connectivity index is 0.000000110. The van der Waals surface area contributed by atoms with E-state index < -0.39 is 0 Å². The Hall–Kier alpha value is 0. The minimum absolute atomic E-state index is 0. The second-order valence-corrected chi connectivity index (χ2v) is 48.3. The van der Waals surface area contributed by atoms with Crippen LogP contribution in [0.1, 0.15) is 464 Å². The molecule has 0 nitrogen and oxygen atoms in total. The molecular weight excluding hydrogens is 1300 g/mol. The Morgan fingerprint density at radius 2 is 0.370 bits per heavy atom. The zero-order chi connectivity index (χ0) is 73.6. The van der Waals surface area contributed by atoms with Gasteiger partial charge in [0.25, 0.3) is 0 Å². The van der Waals surface area contributed by atoms with E-state index in [4.69, 9.17) is 0 Å². The van der Waals surface area contributed by atoms with E-state index in [0.717, 1.165) is 218 Å². The summed E-state index contributed by atoms with van der Waals surface area (Å²) in [6, 6.07) is 0. The normalized spacial score (nSPS) is 50.8. The summed E-state index contributed by atoms with van der Waals surface area (Å²) in [5.41, 5.74) is 0.785. The summed E-state index contributed by atoms with van der Waals surface area (Å²) in [6.45, 7) is 29.3. The molecule has 0 radical (unpaired) electrons. The fraction of sp³-hybridized carbons (Fsp3) is 1.00. The van der Waals surface area contributed by atoms with Crippen molar-refractivity contribution < 1.29 is 0 Å². The first-order valence-corrected chi connectivity index (χ1v) is 51.2. The third kappa shape index (κ3) is 23.9. The van der Waals surface area contributed by atoms with Gasteiger partial charge in [0, 0.05) is 0 Å². The standard InChI is InChI=1S/C12H20.C10H18.4C9H16.6C8H14.2CH4/c1-12-6-9-2-3-10(7-12)5-11(4-9)8-12;1-8-7-9-3-2-4-10(8)6-5-9;1-7-6-8-2-4-9(7)5-3-8;2*1-7-4-8-2-3-9(5-7)6-8;1-7-2-3-8-4-5-9(7)6-8;4*1-6-4-7-2-3-8(6)5-7;2*1-6-7-2-3-8(6)5-4-7;;/h9-11H,2-8H2,1H3;8-10H,2-7H2,1H3;4*7-9H,2-6H2,1H3;6*6-8H,2-5H2,1H3;2*1H4. The zero-order valence-corrected chi connectivity index (χ0v) is 73.6. The molecule has 108 heavy (non-hydrogen) atoms. The maximum Gasteiger partial charge on any atom is -0.0318 e. The first-order chi connectivity index (χ1) is 51.2. The quantitative estimate of drug-likeness (QED) is 0.227. The number of hydrogen-bond donors (Lipinski definition) is 0. The molecule has 26 bridgehead atoms. The van der Waals surface area contributed by atoms with Gasteiger partial charge in [0.05, 0.1) is 0 Å². The van der Waals surface area contributed by atoms with Gasteiger partial charge in [-0.15, -0.1) is 0 Å². The fourth-order valence-electron chi connectivity index (χ4n) is 34.0. The SMILES string of the molecule is C.C.CC12CC3CCC(CC(C3)C1)C2.CC1C2CCC1CC2.CC1C2CCC1CC2.CC1CC2CCC(C1)C2.CC1CC2CCC(C1)C2.CC1CC2CCC1C2.CC1CC2CCC1C2.CC1CC2CCC1C2.CC1CC2CCC1C2.CC1CC2CCC1CC2.CC1CC2CCCC1CC2.CC1CCC2CCC1C2. The fourth-order valence-corrected chi connectivity index (χ4v) is 34.0. The zero-order valence-electron chi connectivity index (χ0n) is 73.6. The Bertz CT molecular complexity index is 2260. The van der Waals surface area contributed by atoms with Gasteiger partial charge in [-0.2, -0.15) is 0 Å². The van der Waals surface area contributed by atoms with Crippen molar-refractivity contribution in [1.29, 1.82) is 0 Å². The number of fused-ring (bicyclic) bond motifs is 26. The monoisotopic (exact) mass is 1490 g/mol. The van der Waals surface area contributed by atoms with Gasteiger partial charge in [-0.3, -0.25) is 0 Å². The summed E-state index contributed by atoms with van der Waals surface area (Å²) >= 11 is 0. The molecule has 0 heteroatoms. The molecule has 28 aliphatic carbocycles. The predicted molar refractivity (Wildman–Crippen MR) is 473 cm³/mol. The van der Waals surface area contributed by atoms with Crippen LogP contribution in [0.25, 0.3) is 0 Å². The first-order valence-electron chi connectivity index (χ1n) is 51.2. The molecule has 0 saturated heterocycles. The van der Waals surface area contributed by atoms with Crippen molar-refractivity contribution in [3.8, 4) is 0 Å². The average Bonchev–Trinajstić information content (AvgIpc) is 1.63. The molecule has 28 saturated carbocycles. The molecule has 626 valence electrons. The third-order valence-electron chi connectivity index (χ3n) is 40.3. The predicted octanol–water partition coefficient (Wildman–Crippen LogP) is 34.1. The molecule has 0 aromatic rings. The number of hydrogen-bond acceptors (Lipinski definition) is 0. The summed E-state index contributed by atoms with van der Waals surface area (Å²) in [6.07, 6.45) is 88.5. The summed E-state index contributed by atoms with van der Waals surface area (Å²) < 4.78 is 0. The van der Waals surface area contributed by atoms with Gasteiger partial charge in [0.2, 0.25) is 0 Å². The molecule has 28 rings (SSSR count). The smallest absolute Gasteiger partial charge is 0.0318 e. The van der Waals surface area contributed by atoms with E-state index >= 15 is 0 Å². The highest BCUT2D eigenvalue weighted by atomic mass is 14.5. The van der Waals surface area contributed by atoms with Crippen LogP contribution in [0, 0.1) is 218 Å². The van der Waals surface area contributed by atoms with Crippen molar-refractivity contribution in [2.45, 2.75) is 464 Å². The van der Waals surface area contributed by atoms with Crippen molar-refractivity contribution in [3.05, 3.63) is 0 Å². The lowest BCUT2D eigenvalue weighted by atomic mass is 9.59. The minimum atomic E-state index is 0. The molecule has 0 spiro atoms. The van der Waals surface area contributed by atoms with Crippen LogP contribution in [-0.2, 0) is 0 Å². The number of rotatable bonds is 0.